The van der Waals surface area contributed by atoms with Gasteiger partial charge in [-0.05, 0) is 12.1 Å². The van der Waals surface area contributed by atoms with E-state index in [9.17, 15) is 0 Å². The fourth-order valence-corrected chi connectivity index (χ4v) is 0.313. The van der Waals surface area contributed by atoms with Gasteiger partial charge in [-0.2, -0.15) is 0 Å². The van der Waals surface area contributed by atoms with E-state index >= 15 is 0 Å². The molecule has 9 heavy (non-hydrogen) atoms. The van der Waals surface area contributed by atoms with Crippen molar-refractivity contribution < 1.29 is 0 Å². The summed E-state index contributed by atoms with van der Waals surface area (Å²) in [6.45, 7) is 6.00. The van der Waals surface area contributed by atoms with E-state index in [2.05, 4.69) is 18.1 Å². The summed E-state index contributed by atoms with van der Waals surface area (Å²) < 4.78 is 0. The summed E-state index contributed by atoms with van der Waals surface area (Å²) in [6, 6.07) is 5.72. The van der Waals surface area contributed by atoms with Crippen molar-refractivity contribution in [2.45, 2.75) is 0 Å². The largest absolute Gasteiger partial charge is 0.265 e. The van der Waals surface area contributed by atoms with Gasteiger partial charge in [0.25, 0.3) is 0 Å². The monoisotopic (exact) mass is 185 g/mol. The molecule has 0 fully saturated rings. The first kappa shape index (κ1) is 11.3. The third kappa shape index (κ3) is 7.45. The molecule has 0 bridgehead atoms. The van der Waals surface area contributed by atoms with Crippen molar-refractivity contribution >= 4 is 18.0 Å². The Kier molecular flexibility index (Phi) is 13.1. The first-order valence-electron chi connectivity index (χ1n) is 2.35. The van der Waals surface area contributed by atoms with Gasteiger partial charge in [0.05, 0.1) is 0 Å². The van der Waals surface area contributed by atoms with Gasteiger partial charge in [-0.3, -0.25) is 4.98 Å². The molecule has 50 valence electrons. The second kappa shape index (κ2) is 10.4. The van der Waals surface area contributed by atoms with Crippen molar-refractivity contribution in [3.63, 3.8) is 0 Å². The van der Waals surface area contributed by atoms with E-state index in [1.807, 2.05) is 18.2 Å². The minimum absolute atomic E-state index is 0. The number of hydrogen-bond acceptors (Lipinski definition) is 1. The van der Waals surface area contributed by atoms with Gasteiger partial charge in [-0.1, -0.05) is 6.07 Å². The van der Waals surface area contributed by atoms with Crippen LogP contribution in [0.25, 0.3) is 0 Å². The number of aromatic nitrogens is 1. The Hall–Kier alpha value is -0.552. The van der Waals surface area contributed by atoms with E-state index in [1.54, 1.807) is 12.4 Å². The van der Waals surface area contributed by atoms with Gasteiger partial charge in [0.15, 0.2) is 0 Å². The SMILES string of the molecule is C=C.[AsH3].c1ccncc1. The summed E-state index contributed by atoms with van der Waals surface area (Å²) in [5.74, 6) is 0. The maximum absolute atomic E-state index is 3.78. The van der Waals surface area contributed by atoms with E-state index < -0.39 is 0 Å². The van der Waals surface area contributed by atoms with Gasteiger partial charge in [-0.25, -0.2) is 0 Å². The fraction of sp³-hybridized carbons (Fsp3) is 0. The molecule has 0 saturated heterocycles. The molecule has 1 rings (SSSR count). The Morgan fingerprint density at radius 1 is 0.889 bits per heavy atom. The van der Waals surface area contributed by atoms with Gasteiger partial charge >= 0.3 is 18.0 Å². The average Bonchev–Trinajstić information content (AvgIpc) is 1.96. The van der Waals surface area contributed by atoms with Crippen LogP contribution >= 0.6 is 0 Å². The molecule has 0 amide bonds. The third-order valence-electron chi connectivity index (χ3n) is 0.566. The summed E-state index contributed by atoms with van der Waals surface area (Å²) in [5, 5.41) is 0. The van der Waals surface area contributed by atoms with Crippen LogP contribution in [0.1, 0.15) is 0 Å². The molecule has 1 unspecified atom stereocenters. The Labute approximate surface area is 67.1 Å². The minimum atomic E-state index is 0. The second-order valence-electron chi connectivity index (χ2n) is 1.02. The molecular formula is C7H12AsN. The molecule has 0 aliphatic rings. The van der Waals surface area contributed by atoms with Crippen molar-refractivity contribution in [3.8, 4) is 0 Å². The van der Waals surface area contributed by atoms with Crippen molar-refractivity contribution in [1.82, 2.24) is 4.98 Å². The minimum Gasteiger partial charge on any atom is -0.265 e. The summed E-state index contributed by atoms with van der Waals surface area (Å²) in [7, 11) is 0. The van der Waals surface area contributed by atoms with E-state index in [1.165, 1.54) is 0 Å². The zero-order chi connectivity index (χ0) is 6.24. The predicted octanol–water partition coefficient (Wildman–Crippen LogP) is 0.700. The molecule has 0 spiro atoms. The Morgan fingerprint density at radius 2 is 1.33 bits per heavy atom. The first-order chi connectivity index (χ1) is 4.00. The van der Waals surface area contributed by atoms with Gasteiger partial charge in [0.1, 0.15) is 0 Å². The van der Waals surface area contributed by atoms with Crippen LogP contribution < -0.4 is 0 Å². The topological polar surface area (TPSA) is 12.9 Å². The van der Waals surface area contributed by atoms with Crippen LogP contribution in [0.4, 0.5) is 0 Å². The normalized spacial score (nSPS) is 5.78. The Bertz CT molecular complexity index is 91.8. The van der Waals surface area contributed by atoms with Crippen molar-refractivity contribution in [1.29, 1.82) is 0 Å². The number of hydrogen-bond donors (Lipinski definition) is 0. The second-order valence-corrected chi connectivity index (χ2v) is 1.02. The standard InChI is InChI=1S/C5H5N.C2H4.AsH3/c1-2-4-6-5-3-1;1-2;/h1-5H;1-2H2;1H3. The van der Waals surface area contributed by atoms with E-state index in [-0.39, 0.29) is 18.0 Å². The van der Waals surface area contributed by atoms with Crippen LogP contribution in [0.5, 0.6) is 0 Å². The van der Waals surface area contributed by atoms with Crippen molar-refractivity contribution in [2.75, 3.05) is 0 Å². The molecule has 1 heterocycles. The van der Waals surface area contributed by atoms with Gasteiger partial charge in [0.2, 0.25) is 0 Å². The Balaban J connectivity index is 0. The van der Waals surface area contributed by atoms with Crippen LogP contribution in [0.15, 0.2) is 43.8 Å². The number of nitrogens with zero attached hydrogens (tertiary/aromatic N) is 1. The molecule has 0 aromatic carbocycles. The van der Waals surface area contributed by atoms with E-state index in [0.29, 0.717) is 0 Å². The Morgan fingerprint density at radius 3 is 1.44 bits per heavy atom. The molecule has 0 N–H and O–H groups in total. The quantitative estimate of drug-likeness (QED) is 0.428. The number of rotatable bonds is 0. The molecule has 1 aromatic heterocycles. The van der Waals surface area contributed by atoms with Crippen LogP contribution in [0.3, 0.4) is 0 Å². The van der Waals surface area contributed by atoms with Crippen molar-refractivity contribution in [3.05, 3.63) is 43.8 Å². The maximum Gasteiger partial charge on any atom is 0.0267 e. The van der Waals surface area contributed by atoms with E-state index in [0.717, 1.165) is 0 Å². The summed E-state index contributed by atoms with van der Waals surface area (Å²) in [4.78, 5) is 3.78. The molecule has 0 saturated carbocycles. The first-order valence-corrected chi connectivity index (χ1v) is 2.35. The van der Waals surface area contributed by atoms with Crippen LogP contribution in [-0.4, -0.2) is 22.9 Å². The van der Waals surface area contributed by atoms with Crippen LogP contribution in [-0.2, 0) is 0 Å². The van der Waals surface area contributed by atoms with Crippen molar-refractivity contribution in [2.24, 2.45) is 0 Å². The molecule has 0 aliphatic heterocycles. The molecule has 1 aromatic rings. The summed E-state index contributed by atoms with van der Waals surface area (Å²) in [6.07, 6.45) is 3.50. The third-order valence-corrected chi connectivity index (χ3v) is 0.566. The van der Waals surface area contributed by atoms with Crippen LogP contribution in [0, 0.1) is 0 Å². The molecular weight excluding hydrogens is 173 g/mol. The zero-order valence-corrected chi connectivity index (χ0v) is 8.42. The summed E-state index contributed by atoms with van der Waals surface area (Å²) >= 11 is 0. The predicted molar refractivity (Wildman–Crippen MR) is 45.4 cm³/mol. The smallest absolute Gasteiger partial charge is 0.0267 e. The summed E-state index contributed by atoms with van der Waals surface area (Å²) in [5.41, 5.74) is 0. The molecule has 2 heteroatoms. The fourth-order valence-electron chi connectivity index (χ4n) is 0.313. The van der Waals surface area contributed by atoms with Gasteiger partial charge < -0.3 is 0 Å². The average molecular weight is 185 g/mol. The van der Waals surface area contributed by atoms with Crippen LogP contribution in [0.2, 0.25) is 0 Å². The zero-order valence-electron chi connectivity index (χ0n) is 5.46. The van der Waals surface area contributed by atoms with Gasteiger partial charge in [-0.15, -0.1) is 13.2 Å². The number of pyridine rings is 1. The maximum atomic E-state index is 3.78. The van der Waals surface area contributed by atoms with Gasteiger partial charge in [0, 0.05) is 12.4 Å². The molecule has 0 radical (unpaired) electrons. The molecule has 1 nitrogen and oxygen atoms in total. The molecule has 0 aliphatic carbocycles. The molecule has 1 atom stereocenters. The van der Waals surface area contributed by atoms with E-state index in [4.69, 9.17) is 0 Å².